The van der Waals surface area contributed by atoms with Crippen LogP contribution in [0.25, 0.3) is 11.5 Å². The number of hydrogen-bond donors (Lipinski definition) is 1. The minimum absolute atomic E-state index is 0.107. The molecule has 0 aliphatic rings. The Kier molecular flexibility index (Phi) is 5.91. The molecule has 1 N–H and O–H groups in total. The van der Waals surface area contributed by atoms with Crippen molar-refractivity contribution < 1.29 is 23.4 Å². The molecule has 28 heavy (non-hydrogen) atoms. The van der Waals surface area contributed by atoms with E-state index < -0.39 is 5.91 Å². The Bertz CT molecular complexity index is 997. The van der Waals surface area contributed by atoms with E-state index in [1.165, 1.54) is 33.5 Å². The van der Waals surface area contributed by atoms with Gasteiger partial charge in [-0.05, 0) is 30.3 Å². The zero-order valence-corrected chi connectivity index (χ0v) is 16.6. The first-order valence-corrected chi connectivity index (χ1v) is 8.62. The van der Waals surface area contributed by atoms with Crippen LogP contribution >= 0.6 is 23.2 Å². The molecule has 3 aromatic rings. The molecule has 0 fully saturated rings. The SMILES string of the molecule is COc1cc(C(=O)Nc2nnc(-c3cc(Cl)ccc3Cl)o2)cc(OC)c1OC. The van der Waals surface area contributed by atoms with Crippen molar-refractivity contribution in [3.8, 4) is 28.7 Å². The highest BCUT2D eigenvalue weighted by molar-refractivity contribution is 6.35. The highest BCUT2D eigenvalue weighted by Gasteiger charge is 2.19. The largest absolute Gasteiger partial charge is 0.493 e. The molecule has 1 aromatic heterocycles. The number of carbonyl (C=O) groups is 1. The number of rotatable bonds is 6. The van der Waals surface area contributed by atoms with E-state index in [1.54, 1.807) is 18.2 Å². The van der Waals surface area contributed by atoms with Gasteiger partial charge in [-0.3, -0.25) is 10.1 Å². The van der Waals surface area contributed by atoms with E-state index in [2.05, 4.69) is 15.5 Å². The second kappa shape index (κ2) is 8.37. The summed E-state index contributed by atoms with van der Waals surface area (Å²) in [6.45, 7) is 0. The number of methoxy groups -OCH3 is 3. The van der Waals surface area contributed by atoms with Crippen LogP contribution in [0.1, 0.15) is 10.4 Å². The fourth-order valence-corrected chi connectivity index (χ4v) is 2.80. The van der Waals surface area contributed by atoms with Crippen molar-refractivity contribution >= 4 is 35.1 Å². The van der Waals surface area contributed by atoms with Gasteiger partial charge in [-0.2, -0.15) is 0 Å². The molecule has 10 heteroatoms. The number of ether oxygens (including phenoxy) is 3. The average Bonchev–Trinajstić information content (AvgIpc) is 3.16. The van der Waals surface area contributed by atoms with Crippen molar-refractivity contribution in [2.24, 2.45) is 0 Å². The Morgan fingerprint density at radius 2 is 1.68 bits per heavy atom. The smallest absolute Gasteiger partial charge is 0.322 e. The summed E-state index contributed by atoms with van der Waals surface area (Å²) in [5.74, 6) is 0.657. The first-order chi connectivity index (χ1) is 13.5. The second-order valence-corrected chi connectivity index (χ2v) is 6.25. The number of aromatic nitrogens is 2. The minimum atomic E-state index is -0.508. The average molecular weight is 424 g/mol. The standard InChI is InChI=1S/C18H15Cl2N3O5/c1-25-13-6-9(7-14(26-2)15(13)27-3)16(24)21-18-23-22-17(28-18)11-8-10(19)4-5-12(11)20/h4-8H,1-3H3,(H,21,23,24). The Hall–Kier alpha value is -2.97. The summed E-state index contributed by atoms with van der Waals surface area (Å²) >= 11 is 12.1. The first-order valence-electron chi connectivity index (χ1n) is 7.87. The maximum Gasteiger partial charge on any atom is 0.322 e. The number of nitrogens with one attached hydrogen (secondary N) is 1. The Morgan fingerprint density at radius 3 is 2.29 bits per heavy atom. The summed E-state index contributed by atoms with van der Waals surface area (Å²) < 4.78 is 21.2. The summed E-state index contributed by atoms with van der Waals surface area (Å²) in [6, 6.07) is 7.73. The first kappa shape index (κ1) is 19.8. The van der Waals surface area contributed by atoms with E-state index in [-0.39, 0.29) is 17.5 Å². The third-order valence-electron chi connectivity index (χ3n) is 3.73. The third-order valence-corrected chi connectivity index (χ3v) is 4.30. The summed E-state index contributed by atoms with van der Waals surface area (Å²) in [4.78, 5) is 12.6. The van der Waals surface area contributed by atoms with Gasteiger partial charge in [0.2, 0.25) is 5.75 Å². The van der Waals surface area contributed by atoms with Crippen LogP contribution in [0.2, 0.25) is 10.0 Å². The predicted octanol–water partition coefficient (Wildman–Crippen LogP) is 4.32. The van der Waals surface area contributed by atoms with Gasteiger partial charge in [0.25, 0.3) is 11.8 Å². The highest BCUT2D eigenvalue weighted by atomic mass is 35.5. The van der Waals surface area contributed by atoms with Crippen LogP contribution < -0.4 is 19.5 Å². The van der Waals surface area contributed by atoms with Crippen molar-refractivity contribution in [3.05, 3.63) is 45.9 Å². The van der Waals surface area contributed by atoms with Crippen molar-refractivity contribution in [2.75, 3.05) is 26.6 Å². The molecule has 2 aromatic carbocycles. The lowest BCUT2D eigenvalue weighted by Gasteiger charge is -2.13. The lowest BCUT2D eigenvalue weighted by molar-refractivity contribution is 0.102. The number of nitrogens with zero attached hydrogens (tertiary/aromatic N) is 2. The zero-order chi connectivity index (χ0) is 20.3. The highest BCUT2D eigenvalue weighted by Crippen LogP contribution is 2.38. The Balaban J connectivity index is 1.86. The molecule has 0 saturated carbocycles. The van der Waals surface area contributed by atoms with Crippen LogP contribution in [0, 0.1) is 0 Å². The molecule has 0 spiro atoms. The number of hydrogen-bond acceptors (Lipinski definition) is 7. The van der Waals surface area contributed by atoms with Crippen molar-refractivity contribution in [2.45, 2.75) is 0 Å². The van der Waals surface area contributed by atoms with Gasteiger partial charge in [-0.1, -0.05) is 28.3 Å². The molecule has 3 rings (SSSR count). The molecule has 8 nitrogen and oxygen atoms in total. The van der Waals surface area contributed by atoms with Crippen molar-refractivity contribution in [1.82, 2.24) is 10.2 Å². The Labute approximate surface area is 170 Å². The molecule has 146 valence electrons. The van der Waals surface area contributed by atoms with Gasteiger partial charge in [-0.15, -0.1) is 5.10 Å². The van der Waals surface area contributed by atoms with E-state index >= 15 is 0 Å². The molecular formula is C18H15Cl2N3O5. The topological polar surface area (TPSA) is 95.7 Å². The van der Waals surface area contributed by atoms with Gasteiger partial charge in [0.15, 0.2) is 11.5 Å². The summed E-state index contributed by atoms with van der Waals surface area (Å²) in [7, 11) is 4.39. The zero-order valence-electron chi connectivity index (χ0n) is 15.1. The van der Waals surface area contributed by atoms with Gasteiger partial charge in [0, 0.05) is 10.6 Å². The summed E-state index contributed by atoms with van der Waals surface area (Å²) in [5, 5.41) is 11.1. The fraction of sp³-hybridized carbons (Fsp3) is 0.167. The minimum Gasteiger partial charge on any atom is -0.493 e. The molecule has 0 unspecified atom stereocenters. The molecular weight excluding hydrogens is 409 g/mol. The molecule has 0 saturated heterocycles. The maximum absolute atomic E-state index is 12.6. The Morgan fingerprint density at radius 1 is 1.00 bits per heavy atom. The maximum atomic E-state index is 12.6. The van der Waals surface area contributed by atoms with E-state index in [9.17, 15) is 4.79 Å². The van der Waals surface area contributed by atoms with Crippen LogP contribution in [-0.2, 0) is 0 Å². The molecule has 0 bridgehead atoms. The van der Waals surface area contributed by atoms with Crippen LogP contribution in [-0.4, -0.2) is 37.4 Å². The van der Waals surface area contributed by atoms with Crippen LogP contribution in [0.5, 0.6) is 17.2 Å². The molecule has 0 aliphatic heterocycles. The van der Waals surface area contributed by atoms with E-state index in [0.29, 0.717) is 32.9 Å². The second-order valence-electron chi connectivity index (χ2n) is 5.40. The molecule has 1 heterocycles. The van der Waals surface area contributed by atoms with Gasteiger partial charge >= 0.3 is 6.01 Å². The number of carbonyl (C=O) groups excluding carboxylic acids is 1. The van der Waals surface area contributed by atoms with Crippen LogP contribution in [0.15, 0.2) is 34.7 Å². The van der Waals surface area contributed by atoms with E-state index in [4.69, 9.17) is 41.8 Å². The van der Waals surface area contributed by atoms with Crippen LogP contribution in [0.3, 0.4) is 0 Å². The number of benzene rings is 2. The lowest BCUT2D eigenvalue weighted by Crippen LogP contribution is -2.13. The fourth-order valence-electron chi connectivity index (χ4n) is 2.43. The van der Waals surface area contributed by atoms with Crippen molar-refractivity contribution in [1.29, 1.82) is 0 Å². The summed E-state index contributed by atoms with van der Waals surface area (Å²) in [5.41, 5.74) is 0.699. The van der Waals surface area contributed by atoms with Gasteiger partial charge in [0.05, 0.1) is 31.9 Å². The van der Waals surface area contributed by atoms with Gasteiger partial charge < -0.3 is 18.6 Å². The number of halogens is 2. The monoisotopic (exact) mass is 423 g/mol. The van der Waals surface area contributed by atoms with E-state index in [0.717, 1.165) is 0 Å². The lowest BCUT2D eigenvalue weighted by atomic mass is 10.1. The number of amides is 1. The summed E-state index contributed by atoms with van der Waals surface area (Å²) in [6.07, 6.45) is 0. The van der Waals surface area contributed by atoms with E-state index in [1.807, 2.05) is 0 Å². The quantitative estimate of drug-likeness (QED) is 0.630. The normalized spacial score (nSPS) is 10.5. The number of anilines is 1. The molecule has 0 radical (unpaired) electrons. The molecule has 1 amide bonds. The van der Waals surface area contributed by atoms with Gasteiger partial charge in [-0.25, -0.2) is 0 Å². The van der Waals surface area contributed by atoms with Crippen molar-refractivity contribution in [3.63, 3.8) is 0 Å². The predicted molar refractivity (Wildman–Crippen MR) is 104 cm³/mol. The van der Waals surface area contributed by atoms with Gasteiger partial charge in [0.1, 0.15) is 0 Å². The molecule has 0 aliphatic carbocycles. The van der Waals surface area contributed by atoms with Crippen LogP contribution in [0.4, 0.5) is 6.01 Å². The third kappa shape index (κ3) is 3.97. The molecule has 0 atom stereocenters.